The van der Waals surface area contributed by atoms with Crippen LogP contribution in [0.15, 0.2) is 0 Å². The van der Waals surface area contributed by atoms with Crippen molar-refractivity contribution in [3.05, 3.63) is 0 Å². The summed E-state index contributed by atoms with van der Waals surface area (Å²) >= 11 is 0. The second-order valence-corrected chi connectivity index (χ2v) is 6.49. The molecule has 0 amide bonds. The molecule has 0 aliphatic rings. The predicted octanol–water partition coefficient (Wildman–Crippen LogP) is 6.67. The van der Waals surface area contributed by atoms with Gasteiger partial charge in [-0.25, -0.2) is 0 Å². The lowest BCUT2D eigenvalue weighted by molar-refractivity contribution is -0.137. The number of rotatable bonds is 18. The van der Waals surface area contributed by atoms with Gasteiger partial charge in [0.1, 0.15) is 0 Å². The lowest BCUT2D eigenvalue weighted by Gasteiger charge is -2.03. The third kappa shape index (κ3) is 19.4. The highest BCUT2D eigenvalue weighted by atomic mass is 19.1. The third-order valence-electron chi connectivity index (χ3n) is 4.27. The van der Waals surface area contributed by atoms with Gasteiger partial charge in [-0.2, -0.15) is 0 Å². The molecule has 0 aliphatic heterocycles. The van der Waals surface area contributed by atoms with Crippen LogP contribution in [0.4, 0.5) is 4.39 Å². The van der Waals surface area contributed by atoms with Crippen LogP contribution < -0.4 is 0 Å². The highest BCUT2D eigenvalue weighted by molar-refractivity contribution is 5.66. The molecule has 1 N–H and O–H groups in total. The van der Waals surface area contributed by atoms with Gasteiger partial charge in [-0.1, -0.05) is 89.9 Å². The molecule has 0 radical (unpaired) electrons. The SMILES string of the molecule is O=C(O)CCCCCCCCCCCCCCCCCCF. The minimum absolute atomic E-state index is 0.150. The summed E-state index contributed by atoms with van der Waals surface area (Å²) in [6.45, 7) is -0.150. The van der Waals surface area contributed by atoms with Crippen LogP contribution >= 0.6 is 0 Å². The number of hydrogen-bond acceptors (Lipinski definition) is 1. The van der Waals surface area contributed by atoms with E-state index in [2.05, 4.69) is 0 Å². The molecule has 0 aromatic carbocycles. The first kappa shape index (κ1) is 21.4. The Balaban J connectivity index is 2.95. The van der Waals surface area contributed by atoms with Crippen molar-refractivity contribution in [1.82, 2.24) is 0 Å². The van der Waals surface area contributed by atoms with E-state index in [9.17, 15) is 9.18 Å². The molecular formula is C19H37FO2. The number of alkyl halides is 1. The number of aliphatic carboxylic acids is 1. The van der Waals surface area contributed by atoms with E-state index in [-0.39, 0.29) is 6.67 Å². The van der Waals surface area contributed by atoms with Gasteiger partial charge in [0.2, 0.25) is 0 Å². The Morgan fingerprint density at radius 2 is 0.818 bits per heavy atom. The Kier molecular flexibility index (Phi) is 17.9. The van der Waals surface area contributed by atoms with Gasteiger partial charge in [-0.3, -0.25) is 9.18 Å². The third-order valence-corrected chi connectivity index (χ3v) is 4.27. The van der Waals surface area contributed by atoms with Gasteiger partial charge in [-0.15, -0.1) is 0 Å². The Labute approximate surface area is 136 Å². The van der Waals surface area contributed by atoms with Gasteiger partial charge in [0, 0.05) is 6.42 Å². The quantitative estimate of drug-likeness (QED) is 0.287. The maximum absolute atomic E-state index is 11.9. The summed E-state index contributed by atoms with van der Waals surface area (Å²) in [7, 11) is 0. The van der Waals surface area contributed by atoms with Gasteiger partial charge < -0.3 is 5.11 Å². The molecular weight excluding hydrogens is 279 g/mol. The van der Waals surface area contributed by atoms with Crippen LogP contribution in [0.1, 0.15) is 109 Å². The Hall–Kier alpha value is -0.600. The summed E-state index contributed by atoms with van der Waals surface area (Å²) in [5.41, 5.74) is 0. The van der Waals surface area contributed by atoms with Crippen LogP contribution in [0.3, 0.4) is 0 Å². The van der Waals surface area contributed by atoms with E-state index in [1.807, 2.05) is 0 Å². The fourth-order valence-corrected chi connectivity index (χ4v) is 2.85. The van der Waals surface area contributed by atoms with Crippen molar-refractivity contribution in [2.75, 3.05) is 6.67 Å². The molecule has 0 bridgehead atoms. The highest BCUT2D eigenvalue weighted by Gasteiger charge is 1.97. The number of halogens is 1. The normalized spacial score (nSPS) is 11.0. The van der Waals surface area contributed by atoms with E-state index < -0.39 is 5.97 Å². The standard InChI is InChI=1S/C19H37FO2/c20-18-16-14-12-10-8-6-4-2-1-3-5-7-9-11-13-15-17-19(21)22/h1-18H2,(H,21,22). The van der Waals surface area contributed by atoms with Crippen molar-refractivity contribution < 1.29 is 14.3 Å². The maximum atomic E-state index is 11.9. The summed E-state index contributed by atoms with van der Waals surface area (Å²) < 4.78 is 11.9. The fourth-order valence-electron chi connectivity index (χ4n) is 2.85. The van der Waals surface area contributed by atoms with Crippen molar-refractivity contribution in [1.29, 1.82) is 0 Å². The molecule has 0 unspecified atom stereocenters. The number of carboxylic acid groups (broad SMARTS) is 1. The monoisotopic (exact) mass is 316 g/mol. The molecule has 0 aliphatic carbocycles. The molecule has 3 heteroatoms. The first-order valence-corrected chi connectivity index (χ1v) is 9.55. The van der Waals surface area contributed by atoms with E-state index in [1.165, 1.54) is 77.0 Å². The van der Waals surface area contributed by atoms with Crippen LogP contribution in [-0.4, -0.2) is 17.8 Å². The van der Waals surface area contributed by atoms with Crippen LogP contribution in [0, 0.1) is 0 Å². The predicted molar refractivity (Wildman–Crippen MR) is 92.1 cm³/mol. The summed E-state index contributed by atoms with van der Waals surface area (Å²) in [6.07, 6.45) is 19.7. The first-order valence-electron chi connectivity index (χ1n) is 9.55. The summed E-state index contributed by atoms with van der Waals surface area (Å²) in [6, 6.07) is 0. The van der Waals surface area contributed by atoms with Crippen LogP contribution in [0.25, 0.3) is 0 Å². The van der Waals surface area contributed by atoms with Gasteiger partial charge in [0.15, 0.2) is 0 Å². The van der Waals surface area contributed by atoms with Crippen molar-refractivity contribution in [3.8, 4) is 0 Å². The second-order valence-electron chi connectivity index (χ2n) is 6.49. The highest BCUT2D eigenvalue weighted by Crippen LogP contribution is 2.14. The van der Waals surface area contributed by atoms with Gasteiger partial charge in [0.25, 0.3) is 0 Å². The zero-order chi connectivity index (χ0) is 16.3. The summed E-state index contributed by atoms with van der Waals surface area (Å²) in [4.78, 5) is 10.3. The second kappa shape index (κ2) is 18.4. The van der Waals surface area contributed by atoms with E-state index >= 15 is 0 Å². The lowest BCUT2D eigenvalue weighted by atomic mass is 10.0. The smallest absolute Gasteiger partial charge is 0.303 e. The molecule has 0 fully saturated rings. The summed E-state index contributed by atoms with van der Waals surface area (Å²) in [5.74, 6) is -0.667. The number of carboxylic acids is 1. The molecule has 0 saturated carbocycles. The van der Waals surface area contributed by atoms with Crippen LogP contribution in [0.5, 0.6) is 0 Å². The summed E-state index contributed by atoms with van der Waals surface area (Å²) in [5, 5.41) is 8.53. The zero-order valence-electron chi connectivity index (χ0n) is 14.5. The molecule has 0 rings (SSSR count). The zero-order valence-corrected chi connectivity index (χ0v) is 14.5. The minimum atomic E-state index is -0.667. The molecule has 0 aromatic heterocycles. The average molecular weight is 317 g/mol. The van der Waals surface area contributed by atoms with Crippen LogP contribution in [0.2, 0.25) is 0 Å². The molecule has 22 heavy (non-hydrogen) atoms. The topological polar surface area (TPSA) is 37.3 Å². The number of unbranched alkanes of at least 4 members (excludes halogenated alkanes) is 15. The minimum Gasteiger partial charge on any atom is -0.481 e. The van der Waals surface area contributed by atoms with Gasteiger partial charge in [-0.05, 0) is 12.8 Å². The molecule has 2 nitrogen and oxygen atoms in total. The Morgan fingerprint density at radius 3 is 1.09 bits per heavy atom. The van der Waals surface area contributed by atoms with Crippen molar-refractivity contribution in [2.45, 2.75) is 109 Å². The number of hydrogen-bond donors (Lipinski definition) is 1. The van der Waals surface area contributed by atoms with Crippen LogP contribution in [-0.2, 0) is 4.79 Å². The van der Waals surface area contributed by atoms with E-state index in [0.717, 1.165) is 25.7 Å². The molecule has 0 atom stereocenters. The van der Waals surface area contributed by atoms with E-state index in [1.54, 1.807) is 0 Å². The van der Waals surface area contributed by atoms with Crippen molar-refractivity contribution in [2.24, 2.45) is 0 Å². The molecule has 0 aromatic rings. The average Bonchev–Trinajstić information content (AvgIpc) is 2.50. The largest absolute Gasteiger partial charge is 0.481 e. The van der Waals surface area contributed by atoms with Crippen molar-refractivity contribution >= 4 is 5.97 Å². The molecule has 132 valence electrons. The van der Waals surface area contributed by atoms with Gasteiger partial charge >= 0.3 is 5.97 Å². The van der Waals surface area contributed by atoms with E-state index in [4.69, 9.17) is 5.11 Å². The van der Waals surface area contributed by atoms with Gasteiger partial charge in [0.05, 0.1) is 6.67 Å². The number of carbonyl (C=O) groups is 1. The molecule has 0 saturated heterocycles. The molecule has 0 heterocycles. The van der Waals surface area contributed by atoms with E-state index in [0.29, 0.717) is 6.42 Å². The first-order chi connectivity index (χ1) is 10.8. The Morgan fingerprint density at radius 1 is 0.545 bits per heavy atom. The molecule has 0 spiro atoms. The van der Waals surface area contributed by atoms with Crippen molar-refractivity contribution in [3.63, 3.8) is 0 Å². The Bertz CT molecular complexity index is 231. The fraction of sp³-hybridized carbons (Fsp3) is 0.947. The lowest BCUT2D eigenvalue weighted by Crippen LogP contribution is -1.93. The maximum Gasteiger partial charge on any atom is 0.303 e.